The molecule has 2 rings (SSSR count). The molecule has 1 spiro atoms. The number of carbonyl (C=O) groups is 1. The number of aldehydes is 1. The molecule has 0 heterocycles. The molecule has 0 saturated heterocycles. The summed E-state index contributed by atoms with van der Waals surface area (Å²) < 4.78 is 5.80. The van der Waals surface area contributed by atoms with Crippen LogP contribution in [0.3, 0.4) is 0 Å². The topological polar surface area (TPSA) is 127 Å². The summed E-state index contributed by atoms with van der Waals surface area (Å²) in [5.41, 5.74) is 2.81. The maximum Gasteiger partial charge on any atom is 0.145 e. The number of hydrogen-bond acceptors (Lipinski definition) is 7. The lowest BCUT2D eigenvalue weighted by Crippen LogP contribution is -2.59. The standard InChI is InChI=1S/C38H62O7/c1-27(2)11-7-12-28(3)13-8-14-29(4)15-9-16-31(25-45-26-32(42)24-41)34-19-21-38(36(34)43)35(17-10-22-39)33(30(5)23-40)18-20-37(38,6)44/h9,13,15-16,23,27,32,34-36,39,41-44H,4,7-8,10-12,14,17-22,24-26H2,1-3,5-6H3/b15-9+,28-13+,31-16-,33-30-/t32-,34+,35+,36-,37-,38-/m1/s1. The Balaban J connectivity index is 2.30. The van der Waals surface area contributed by atoms with Crippen LogP contribution in [0.2, 0.25) is 0 Å². The highest BCUT2D eigenvalue weighted by Crippen LogP contribution is 2.63. The van der Waals surface area contributed by atoms with Gasteiger partial charge in [0, 0.05) is 17.9 Å². The van der Waals surface area contributed by atoms with Gasteiger partial charge in [0.2, 0.25) is 0 Å². The number of carbonyl (C=O) groups excluding carboxylic acids is 1. The fourth-order valence-electron chi connectivity index (χ4n) is 7.59. The quantitative estimate of drug-likeness (QED) is 0.0501. The van der Waals surface area contributed by atoms with Crippen LogP contribution in [-0.2, 0) is 9.53 Å². The van der Waals surface area contributed by atoms with Crippen LogP contribution in [-0.4, -0.2) is 76.1 Å². The summed E-state index contributed by atoms with van der Waals surface area (Å²) in [7, 11) is 0. The third kappa shape index (κ3) is 10.8. The summed E-state index contributed by atoms with van der Waals surface area (Å²) in [6.45, 7) is 14.2. The number of hydrogen-bond donors (Lipinski definition) is 5. The number of allylic oxidation sites excluding steroid dienone is 8. The van der Waals surface area contributed by atoms with Gasteiger partial charge in [0.1, 0.15) is 12.4 Å². The Morgan fingerprint density at radius 1 is 1.16 bits per heavy atom. The van der Waals surface area contributed by atoms with Crippen LogP contribution in [0.4, 0.5) is 0 Å². The van der Waals surface area contributed by atoms with Gasteiger partial charge in [0.15, 0.2) is 0 Å². The summed E-state index contributed by atoms with van der Waals surface area (Å²) in [5, 5.41) is 52.9. The van der Waals surface area contributed by atoms with Gasteiger partial charge in [-0.1, -0.05) is 67.9 Å². The van der Waals surface area contributed by atoms with Crippen LogP contribution in [0.1, 0.15) is 105 Å². The summed E-state index contributed by atoms with van der Waals surface area (Å²) >= 11 is 0. The average Bonchev–Trinajstić information content (AvgIpc) is 3.34. The van der Waals surface area contributed by atoms with E-state index in [2.05, 4.69) is 33.4 Å². The Hall–Kier alpha value is -1.87. The first-order valence-electron chi connectivity index (χ1n) is 17.1. The van der Waals surface area contributed by atoms with Crippen molar-refractivity contribution in [1.82, 2.24) is 0 Å². The van der Waals surface area contributed by atoms with Crippen LogP contribution < -0.4 is 0 Å². The van der Waals surface area contributed by atoms with E-state index in [1.807, 2.05) is 18.2 Å². The van der Waals surface area contributed by atoms with Crippen molar-refractivity contribution < 1.29 is 35.1 Å². The minimum atomic E-state index is -1.17. The second-order valence-electron chi connectivity index (χ2n) is 14.1. The highest BCUT2D eigenvalue weighted by molar-refractivity contribution is 5.74. The smallest absolute Gasteiger partial charge is 0.145 e. The van der Waals surface area contributed by atoms with Gasteiger partial charge in [-0.25, -0.2) is 0 Å². The Bertz CT molecular complexity index is 1070. The second-order valence-corrected chi connectivity index (χ2v) is 14.1. The molecule has 7 heteroatoms. The molecule has 0 bridgehead atoms. The van der Waals surface area contributed by atoms with E-state index in [0.717, 1.165) is 48.2 Å². The molecule has 45 heavy (non-hydrogen) atoms. The van der Waals surface area contributed by atoms with Crippen molar-refractivity contribution in [1.29, 1.82) is 0 Å². The fraction of sp³-hybridized carbons (Fsp3) is 0.711. The van der Waals surface area contributed by atoms with Crippen molar-refractivity contribution >= 4 is 6.29 Å². The highest BCUT2D eigenvalue weighted by Gasteiger charge is 2.64. The molecule has 2 aliphatic carbocycles. The van der Waals surface area contributed by atoms with Crippen LogP contribution in [0.15, 0.2) is 58.7 Å². The zero-order valence-electron chi connectivity index (χ0n) is 28.6. The molecular weight excluding hydrogens is 568 g/mol. The van der Waals surface area contributed by atoms with E-state index in [0.29, 0.717) is 44.1 Å². The van der Waals surface area contributed by atoms with Gasteiger partial charge < -0.3 is 30.3 Å². The van der Waals surface area contributed by atoms with Crippen molar-refractivity contribution in [2.24, 2.45) is 23.2 Å². The lowest BCUT2D eigenvalue weighted by Gasteiger charge is -2.55. The molecule has 256 valence electrons. The zero-order valence-corrected chi connectivity index (χ0v) is 28.6. The van der Waals surface area contributed by atoms with Crippen LogP contribution in [0.5, 0.6) is 0 Å². The molecule has 0 radical (unpaired) electrons. The molecule has 7 nitrogen and oxygen atoms in total. The van der Waals surface area contributed by atoms with E-state index in [-0.39, 0.29) is 31.7 Å². The molecule has 0 aliphatic heterocycles. The number of ether oxygens (including phenoxy) is 1. The first-order valence-corrected chi connectivity index (χ1v) is 17.1. The maximum atomic E-state index is 12.2. The highest BCUT2D eigenvalue weighted by atomic mass is 16.5. The van der Waals surface area contributed by atoms with E-state index in [9.17, 15) is 30.3 Å². The van der Waals surface area contributed by atoms with Crippen LogP contribution in [0, 0.1) is 23.2 Å². The Morgan fingerprint density at radius 3 is 2.53 bits per heavy atom. The SMILES string of the molecule is C=C(/C=C/C=C(/COC[C@H](O)CO)[C@@H]1CC[C@]2([C@@H]1O)[C@@H](CCCO)/C(=C(/C)C=O)CC[C@@]2(C)O)CC/C=C(\C)CCCC(C)C. The van der Waals surface area contributed by atoms with Crippen molar-refractivity contribution in [2.75, 3.05) is 26.4 Å². The Labute approximate surface area is 272 Å². The summed E-state index contributed by atoms with van der Waals surface area (Å²) in [6.07, 6.45) is 15.8. The lowest BCUT2D eigenvalue weighted by molar-refractivity contribution is -0.167. The predicted octanol–water partition coefficient (Wildman–Crippen LogP) is 6.15. The predicted molar refractivity (Wildman–Crippen MR) is 182 cm³/mol. The zero-order chi connectivity index (χ0) is 33.6. The molecule has 0 aromatic heterocycles. The summed E-state index contributed by atoms with van der Waals surface area (Å²) in [5.74, 6) is 0.171. The van der Waals surface area contributed by atoms with Gasteiger partial charge in [0.25, 0.3) is 0 Å². The number of rotatable bonds is 19. The van der Waals surface area contributed by atoms with Gasteiger partial charge in [-0.05, 0) is 108 Å². The lowest BCUT2D eigenvalue weighted by atomic mass is 9.52. The van der Waals surface area contributed by atoms with E-state index in [4.69, 9.17) is 4.74 Å². The normalized spacial score (nSPS) is 29.6. The molecule has 6 atom stereocenters. The summed E-state index contributed by atoms with van der Waals surface area (Å²) in [4.78, 5) is 11.9. The van der Waals surface area contributed by atoms with Gasteiger partial charge >= 0.3 is 0 Å². The number of aliphatic hydroxyl groups excluding tert-OH is 4. The second kappa shape index (κ2) is 19.1. The van der Waals surface area contributed by atoms with Gasteiger partial charge in [-0.3, -0.25) is 4.79 Å². The van der Waals surface area contributed by atoms with E-state index >= 15 is 0 Å². The molecule has 2 aliphatic rings. The molecule has 5 N–H and O–H groups in total. The molecule has 0 aromatic rings. The molecule has 0 aromatic carbocycles. The molecular formula is C38H62O7. The number of aliphatic hydroxyl groups is 5. The van der Waals surface area contributed by atoms with Crippen LogP contribution >= 0.6 is 0 Å². The third-order valence-electron chi connectivity index (χ3n) is 10.3. The van der Waals surface area contributed by atoms with E-state index in [1.54, 1.807) is 13.8 Å². The average molecular weight is 631 g/mol. The monoisotopic (exact) mass is 630 g/mol. The third-order valence-corrected chi connectivity index (χ3v) is 10.3. The Morgan fingerprint density at radius 2 is 1.89 bits per heavy atom. The van der Waals surface area contributed by atoms with Gasteiger partial charge in [-0.15, -0.1) is 0 Å². The van der Waals surface area contributed by atoms with E-state index < -0.39 is 29.8 Å². The van der Waals surface area contributed by atoms with Crippen molar-refractivity contribution in [3.05, 3.63) is 58.7 Å². The first kappa shape index (κ1) is 39.3. The summed E-state index contributed by atoms with van der Waals surface area (Å²) in [6, 6.07) is 0. The van der Waals surface area contributed by atoms with Crippen LogP contribution in [0.25, 0.3) is 0 Å². The largest absolute Gasteiger partial charge is 0.396 e. The van der Waals surface area contributed by atoms with Crippen molar-refractivity contribution in [2.45, 2.75) is 123 Å². The molecule has 2 saturated carbocycles. The minimum Gasteiger partial charge on any atom is -0.396 e. The maximum absolute atomic E-state index is 12.2. The van der Waals surface area contributed by atoms with Crippen molar-refractivity contribution in [3.63, 3.8) is 0 Å². The molecule has 2 fully saturated rings. The first-order chi connectivity index (χ1) is 21.3. The Kier molecular flexibility index (Phi) is 16.7. The molecule has 0 amide bonds. The minimum absolute atomic E-state index is 0.00395. The van der Waals surface area contributed by atoms with Crippen molar-refractivity contribution in [3.8, 4) is 0 Å². The fourth-order valence-corrected chi connectivity index (χ4v) is 7.59. The van der Waals surface area contributed by atoms with E-state index in [1.165, 1.54) is 18.4 Å². The molecule has 0 unspecified atom stereocenters. The van der Waals surface area contributed by atoms with Gasteiger partial charge in [0.05, 0.1) is 31.5 Å². The van der Waals surface area contributed by atoms with Gasteiger partial charge in [-0.2, -0.15) is 0 Å².